The van der Waals surface area contributed by atoms with Crippen molar-refractivity contribution in [2.75, 3.05) is 18.5 Å². The molecule has 106 valence electrons. The van der Waals surface area contributed by atoms with Gasteiger partial charge in [-0.05, 0) is 54.4 Å². The monoisotopic (exact) mass is 336 g/mol. The van der Waals surface area contributed by atoms with Crippen LogP contribution in [0.2, 0.25) is 0 Å². The van der Waals surface area contributed by atoms with E-state index in [1.165, 1.54) is 11.6 Å². The van der Waals surface area contributed by atoms with Crippen LogP contribution in [0, 0.1) is 5.82 Å². The Morgan fingerprint density at radius 1 is 1.15 bits per heavy atom. The minimum atomic E-state index is -0.214. The van der Waals surface area contributed by atoms with Crippen LogP contribution >= 0.6 is 15.9 Å². The normalized spacial score (nSPS) is 10.6. The maximum Gasteiger partial charge on any atom is 0.123 e. The molecule has 0 atom stereocenters. The summed E-state index contributed by atoms with van der Waals surface area (Å²) in [7, 11) is 2.01. The summed E-state index contributed by atoms with van der Waals surface area (Å²) in [6, 6.07) is 13.1. The van der Waals surface area contributed by atoms with E-state index in [2.05, 4.69) is 33.0 Å². The first-order valence-electron chi connectivity index (χ1n) is 6.54. The van der Waals surface area contributed by atoms with Crippen molar-refractivity contribution in [2.24, 2.45) is 5.73 Å². The fourth-order valence-corrected chi connectivity index (χ4v) is 2.50. The molecule has 4 heteroatoms. The predicted molar refractivity (Wildman–Crippen MR) is 85.4 cm³/mol. The zero-order valence-electron chi connectivity index (χ0n) is 11.4. The summed E-state index contributed by atoms with van der Waals surface area (Å²) in [5.41, 5.74) is 8.79. The summed E-state index contributed by atoms with van der Waals surface area (Å²) in [4.78, 5) is 2.12. The van der Waals surface area contributed by atoms with Gasteiger partial charge >= 0.3 is 0 Å². The summed E-state index contributed by atoms with van der Waals surface area (Å²) in [5.74, 6) is -0.214. The Labute approximate surface area is 127 Å². The van der Waals surface area contributed by atoms with Gasteiger partial charge in [0.05, 0.1) is 0 Å². The Morgan fingerprint density at radius 2 is 1.85 bits per heavy atom. The number of nitrogens with zero attached hydrogens (tertiary/aromatic N) is 1. The van der Waals surface area contributed by atoms with Gasteiger partial charge in [-0.1, -0.05) is 28.1 Å². The molecule has 0 aliphatic carbocycles. The molecule has 0 unspecified atom stereocenters. The number of benzene rings is 2. The third-order valence-electron chi connectivity index (χ3n) is 3.20. The fraction of sp³-hybridized carbons (Fsp3) is 0.250. The van der Waals surface area contributed by atoms with Crippen LogP contribution in [-0.2, 0) is 13.0 Å². The predicted octanol–water partition coefficient (Wildman–Crippen LogP) is 3.73. The van der Waals surface area contributed by atoms with Crippen molar-refractivity contribution in [3.8, 4) is 0 Å². The summed E-state index contributed by atoms with van der Waals surface area (Å²) in [6.45, 7) is 1.29. The van der Waals surface area contributed by atoms with Crippen LogP contribution < -0.4 is 10.6 Å². The molecule has 0 radical (unpaired) electrons. The van der Waals surface area contributed by atoms with Gasteiger partial charge in [0, 0.05) is 23.8 Å². The van der Waals surface area contributed by atoms with E-state index < -0.39 is 0 Å². The lowest BCUT2D eigenvalue weighted by Gasteiger charge is -2.22. The van der Waals surface area contributed by atoms with Crippen LogP contribution in [0.1, 0.15) is 11.1 Å². The van der Waals surface area contributed by atoms with Crippen LogP contribution in [0.3, 0.4) is 0 Å². The minimum absolute atomic E-state index is 0.214. The van der Waals surface area contributed by atoms with Crippen LogP contribution in [0.4, 0.5) is 10.1 Å². The molecule has 2 N–H and O–H groups in total. The van der Waals surface area contributed by atoms with Gasteiger partial charge in [-0.2, -0.15) is 0 Å². The molecule has 0 aliphatic rings. The highest BCUT2D eigenvalue weighted by molar-refractivity contribution is 9.10. The van der Waals surface area contributed by atoms with Gasteiger partial charge in [0.1, 0.15) is 5.82 Å². The van der Waals surface area contributed by atoms with Crippen LogP contribution in [0.5, 0.6) is 0 Å². The molecule has 0 heterocycles. The van der Waals surface area contributed by atoms with Gasteiger partial charge in [0.2, 0.25) is 0 Å². The largest absolute Gasteiger partial charge is 0.370 e. The second kappa shape index (κ2) is 6.86. The van der Waals surface area contributed by atoms with Gasteiger partial charge in [-0.25, -0.2) is 4.39 Å². The summed E-state index contributed by atoms with van der Waals surface area (Å²) in [5, 5.41) is 0. The van der Waals surface area contributed by atoms with Crippen LogP contribution in [0.25, 0.3) is 0 Å². The lowest BCUT2D eigenvalue weighted by Crippen LogP contribution is -2.19. The van der Waals surface area contributed by atoms with Crippen molar-refractivity contribution in [3.63, 3.8) is 0 Å². The first kappa shape index (κ1) is 15.0. The topological polar surface area (TPSA) is 29.3 Å². The number of rotatable bonds is 5. The lowest BCUT2D eigenvalue weighted by atomic mass is 10.1. The minimum Gasteiger partial charge on any atom is -0.370 e. The highest BCUT2D eigenvalue weighted by Crippen LogP contribution is 2.23. The SMILES string of the molecule is CN(Cc1ccc(Br)cc1)c1ccc(F)cc1CCN. The number of anilines is 1. The number of nitrogens with two attached hydrogens (primary N) is 1. The first-order valence-corrected chi connectivity index (χ1v) is 7.33. The molecule has 0 saturated carbocycles. The molecular weight excluding hydrogens is 319 g/mol. The standard InChI is InChI=1S/C16H18BrFN2/c1-20(11-12-2-4-14(17)5-3-12)16-7-6-15(18)10-13(16)8-9-19/h2-7,10H,8-9,11,19H2,1H3. The van der Waals surface area contributed by atoms with E-state index >= 15 is 0 Å². The van der Waals surface area contributed by atoms with E-state index in [1.807, 2.05) is 25.2 Å². The van der Waals surface area contributed by atoms with Gasteiger partial charge in [-0.15, -0.1) is 0 Å². The van der Waals surface area contributed by atoms with Crippen molar-refractivity contribution in [1.29, 1.82) is 0 Å². The molecule has 2 aromatic rings. The highest BCUT2D eigenvalue weighted by atomic mass is 79.9. The second-order valence-electron chi connectivity index (χ2n) is 4.79. The molecular formula is C16H18BrFN2. The number of hydrogen-bond donors (Lipinski definition) is 1. The van der Waals surface area contributed by atoms with Gasteiger partial charge in [0.15, 0.2) is 0 Å². The maximum atomic E-state index is 13.3. The van der Waals surface area contributed by atoms with E-state index in [1.54, 1.807) is 6.07 Å². The summed E-state index contributed by atoms with van der Waals surface area (Å²) >= 11 is 3.43. The zero-order chi connectivity index (χ0) is 14.5. The molecule has 0 aromatic heterocycles. The van der Waals surface area contributed by atoms with Crippen molar-refractivity contribution in [2.45, 2.75) is 13.0 Å². The van der Waals surface area contributed by atoms with Crippen molar-refractivity contribution in [3.05, 3.63) is 63.9 Å². The van der Waals surface area contributed by atoms with E-state index in [4.69, 9.17) is 5.73 Å². The second-order valence-corrected chi connectivity index (χ2v) is 5.71. The molecule has 0 saturated heterocycles. The Morgan fingerprint density at radius 3 is 2.50 bits per heavy atom. The van der Waals surface area contributed by atoms with Gasteiger partial charge in [0.25, 0.3) is 0 Å². The maximum absolute atomic E-state index is 13.3. The van der Waals surface area contributed by atoms with Gasteiger partial charge < -0.3 is 10.6 Å². The highest BCUT2D eigenvalue weighted by Gasteiger charge is 2.09. The molecule has 0 fully saturated rings. The van der Waals surface area contributed by atoms with E-state index in [-0.39, 0.29) is 5.82 Å². The molecule has 0 spiro atoms. The lowest BCUT2D eigenvalue weighted by molar-refractivity contribution is 0.625. The molecule has 2 aromatic carbocycles. The smallest absolute Gasteiger partial charge is 0.123 e. The summed E-state index contributed by atoms with van der Waals surface area (Å²) in [6.07, 6.45) is 0.678. The molecule has 0 amide bonds. The molecule has 2 nitrogen and oxygen atoms in total. The van der Waals surface area contributed by atoms with Crippen LogP contribution in [-0.4, -0.2) is 13.6 Å². The molecule has 0 bridgehead atoms. The van der Waals surface area contributed by atoms with Crippen LogP contribution in [0.15, 0.2) is 46.9 Å². The van der Waals surface area contributed by atoms with E-state index in [0.29, 0.717) is 13.0 Å². The zero-order valence-corrected chi connectivity index (χ0v) is 13.0. The summed E-state index contributed by atoms with van der Waals surface area (Å²) < 4.78 is 14.4. The molecule has 20 heavy (non-hydrogen) atoms. The third kappa shape index (κ3) is 3.81. The quantitative estimate of drug-likeness (QED) is 0.901. The van der Waals surface area contributed by atoms with E-state index in [0.717, 1.165) is 22.3 Å². The van der Waals surface area contributed by atoms with Crippen molar-refractivity contribution < 1.29 is 4.39 Å². The number of hydrogen-bond acceptors (Lipinski definition) is 2. The fourth-order valence-electron chi connectivity index (χ4n) is 2.23. The number of halogens is 2. The van der Waals surface area contributed by atoms with Gasteiger partial charge in [-0.3, -0.25) is 0 Å². The molecule has 2 rings (SSSR count). The van der Waals surface area contributed by atoms with E-state index in [9.17, 15) is 4.39 Å². The van der Waals surface area contributed by atoms with Crippen molar-refractivity contribution in [1.82, 2.24) is 0 Å². The Hall–Kier alpha value is -1.39. The Kier molecular flexibility index (Phi) is 5.15. The Balaban J connectivity index is 2.19. The first-order chi connectivity index (χ1) is 9.60. The average molecular weight is 337 g/mol. The van der Waals surface area contributed by atoms with Crippen molar-refractivity contribution >= 4 is 21.6 Å². The Bertz CT molecular complexity index is 569. The molecule has 0 aliphatic heterocycles. The average Bonchev–Trinajstić information content (AvgIpc) is 2.42. The third-order valence-corrected chi connectivity index (χ3v) is 3.73.